The van der Waals surface area contributed by atoms with E-state index in [1.807, 2.05) is 35.2 Å². The summed E-state index contributed by atoms with van der Waals surface area (Å²) in [6, 6.07) is 9.66. The summed E-state index contributed by atoms with van der Waals surface area (Å²) in [5, 5.41) is 0. The molecule has 120 valence electrons. The average molecular weight is 300 g/mol. The molecule has 0 N–H and O–H groups in total. The summed E-state index contributed by atoms with van der Waals surface area (Å²) in [5.74, 6) is 1.19. The van der Waals surface area contributed by atoms with E-state index < -0.39 is 0 Å². The maximum absolute atomic E-state index is 12.4. The number of carbonyl (C=O) groups is 1. The van der Waals surface area contributed by atoms with E-state index in [2.05, 4.69) is 4.90 Å². The van der Waals surface area contributed by atoms with Gasteiger partial charge < -0.3 is 4.90 Å². The fourth-order valence-electron chi connectivity index (χ4n) is 3.84. The van der Waals surface area contributed by atoms with Crippen molar-refractivity contribution in [3.8, 4) is 0 Å². The van der Waals surface area contributed by atoms with Crippen LogP contribution in [0.25, 0.3) is 0 Å². The van der Waals surface area contributed by atoms with Gasteiger partial charge in [-0.25, -0.2) is 0 Å². The smallest absolute Gasteiger partial charge is 0.253 e. The first-order chi connectivity index (χ1) is 10.8. The zero-order valence-electron chi connectivity index (χ0n) is 13.5. The summed E-state index contributed by atoms with van der Waals surface area (Å²) < 4.78 is 0. The lowest BCUT2D eigenvalue weighted by molar-refractivity contribution is 0.0634. The molecule has 0 radical (unpaired) electrons. The van der Waals surface area contributed by atoms with E-state index in [1.165, 1.54) is 45.1 Å². The first-order valence-electron chi connectivity index (χ1n) is 8.89. The van der Waals surface area contributed by atoms with E-state index in [4.69, 9.17) is 0 Å². The van der Waals surface area contributed by atoms with Crippen molar-refractivity contribution in [2.75, 3.05) is 32.7 Å². The molecule has 0 unspecified atom stereocenters. The number of carbonyl (C=O) groups excluding carboxylic acids is 1. The van der Waals surface area contributed by atoms with Gasteiger partial charge in [0.25, 0.3) is 5.91 Å². The van der Waals surface area contributed by atoms with Gasteiger partial charge in [0, 0.05) is 31.7 Å². The van der Waals surface area contributed by atoms with Crippen LogP contribution in [0.4, 0.5) is 0 Å². The zero-order chi connectivity index (χ0) is 15.2. The summed E-state index contributed by atoms with van der Waals surface area (Å²) in [5.41, 5.74) is 0.817. The van der Waals surface area contributed by atoms with Crippen LogP contribution >= 0.6 is 0 Å². The van der Waals surface area contributed by atoms with Gasteiger partial charge >= 0.3 is 0 Å². The van der Waals surface area contributed by atoms with Crippen molar-refractivity contribution in [2.45, 2.75) is 38.5 Å². The summed E-state index contributed by atoms with van der Waals surface area (Å²) in [6.07, 6.45) is 8.55. The van der Waals surface area contributed by atoms with E-state index in [0.717, 1.165) is 37.7 Å². The molecule has 0 atom stereocenters. The number of amides is 1. The Morgan fingerprint density at radius 2 is 1.68 bits per heavy atom. The standard InChI is InChI=1S/C19H28N2O/c22-19(18-10-2-1-3-11-18)21-15-13-20(14-16-21)12-6-9-17-7-4-5-8-17/h1-3,10-11,17H,4-9,12-16H2. The third-order valence-electron chi connectivity index (χ3n) is 5.24. The monoisotopic (exact) mass is 300 g/mol. The van der Waals surface area contributed by atoms with Gasteiger partial charge in [0.05, 0.1) is 0 Å². The molecule has 3 heteroatoms. The minimum absolute atomic E-state index is 0.186. The molecule has 22 heavy (non-hydrogen) atoms. The number of piperazine rings is 1. The van der Waals surface area contributed by atoms with Crippen molar-refractivity contribution in [1.29, 1.82) is 0 Å². The highest BCUT2D eigenvalue weighted by molar-refractivity contribution is 5.94. The topological polar surface area (TPSA) is 23.6 Å². The fraction of sp³-hybridized carbons (Fsp3) is 0.632. The Labute approximate surface area is 134 Å². The van der Waals surface area contributed by atoms with E-state index in [0.29, 0.717) is 0 Å². The second-order valence-corrected chi connectivity index (χ2v) is 6.79. The minimum atomic E-state index is 0.186. The maximum atomic E-state index is 12.4. The van der Waals surface area contributed by atoms with Crippen molar-refractivity contribution in [1.82, 2.24) is 9.80 Å². The number of hydrogen-bond acceptors (Lipinski definition) is 2. The number of rotatable bonds is 5. The van der Waals surface area contributed by atoms with Gasteiger partial charge in [0.1, 0.15) is 0 Å². The highest BCUT2D eigenvalue weighted by Crippen LogP contribution is 2.28. The number of hydrogen-bond donors (Lipinski definition) is 0. The Morgan fingerprint density at radius 1 is 1.00 bits per heavy atom. The van der Waals surface area contributed by atoms with Gasteiger partial charge in [0.15, 0.2) is 0 Å². The van der Waals surface area contributed by atoms with Crippen LogP contribution in [0.15, 0.2) is 30.3 Å². The van der Waals surface area contributed by atoms with Crippen molar-refractivity contribution >= 4 is 5.91 Å². The molecule has 1 aromatic carbocycles. The van der Waals surface area contributed by atoms with Crippen LogP contribution in [0.1, 0.15) is 48.9 Å². The van der Waals surface area contributed by atoms with Gasteiger partial charge in [-0.1, -0.05) is 43.9 Å². The summed E-state index contributed by atoms with van der Waals surface area (Å²) >= 11 is 0. The molecular weight excluding hydrogens is 272 g/mol. The molecule has 3 nitrogen and oxygen atoms in total. The average Bonchev–Trinajstić information content (AvgIpc) is 3.09. The predicted octanol–water partition coefficient (Wildman–Crippen LogP) is 3.41. The molecule has 1 amide bonds. The third kappa shape index (κ3) is 4.10. The van der Waals surface area contributed by atoms with E-state index >= 15 is 0 Å². The Hall–Kier alpha value is -1.35. The molecule has 1 aliphatic carbocycles. The highest BCUT2D eigenvalue weighted by Gasteiger charge is 2.22. The van der Waals surface area contributed by atoms with Crippen LogP contribution in [0.3, 0.4) is 0 Å². The Morgan fingerprint density at radius 3 is 2.36 bits per heavy atom. The highest BCUT2D eigenvalue weighted by atomic mass is 16.2. The largest absolute Gasteiger partial charge is 0.336 e. The third-order valence-corrected chi connectivity index (χ3v) is 5.24. The maximum Gasteiger partial charge on any atom is 0.253 e. The summed E-state index contributed by atoms with van der Waals surface area (Å²) in [6.45, 7) is 5.02. The lowest BCUT2D eigenvalue weighted by Crippen LogP contribution is -2.48. The Balaban J connectivity index is 1.37. The van der Waals surface area contributed by atoms with Crippen LogP contribution in [0.5, 0.6) is 0 Å². The lowest BCUT2D eigenvalue weighted by Gasteiger charge is -2.35. The Kier molecular flexibility index (Phi) is 5.49. The first-order valence-corrected chi connectivity index (χ1v) is 8.89. The molecule has 1 heterocycles. The van der Waals surface area contributed by atoms with Crippen LogP contribution in [0.2, 0.25) is 0 Å². The van der Waals surface area contributed by atoms with Crippen LogP contribution < -0.4 is 0 Å². The van der Waals surface area contributed by atoms with Gasteiger partial charge in [-0.3, -0.25) is 9.69 Å². The SMILES string of the molecule is O=C(c1ccccc1)N1CCN(CCCC2CCCC2)CC1. The van der Waals surface area contributed by atoms with E-state index in [9.17, 15) is 4.79 Å². The quantitative estimate of drug-likeness (QED) is 0.832. The molecule has 1 aliphatic heterocycles. The number of benzene rings is 1. The minimum Gasteiger partial charge on any atom is -0.336 e. The van der Waals surface area contributed by atoms with Crippen molar-refractivity contribution < 1.29 is 4.79 Å². The summed E-state index contributed by atoms with van der Waals surface area (Å²) in [4.78, 5) is 16.9. The first kappa shape index (κ1) is 15.5. The second-order valence-electron chi connectivity index (χ2n) is 6.79. The van der Waals surface area contributed by atoms with E-state index in [-0.39, 0.29) is 5.91 Å². The van der Waals surface area contributed by atoms with Gasteiger partial charge in [0.2, 0.25) is 0 Å². The molecule has 1 saturated carbocycles. The molecule has 1 aromatic rings. The molecule has 3 rings (SSSR count). The molecule has 2 fully saturated rings. The van der Waals surface area contributed by atoms with Gasteiger partial charge in [-0.15, -0.1) is 0 Å². The second kappa shape index (κ2) is 7.77. The predicted molar refractivity (Wildman–Crippen MR) is 90.0 cm³/mol. The fourth-order valence-corrected chi connectivity index (χ4v) is 3.84. The Bertz CT molecular complexity index is 460. The van der Waals surface area contributed by atoms with Gasteiger partial charge in [-0.05, 0) is 37.4 Å². The van der Waals surface area contributed by atoms with Crippen LogP contribution in [-0.4, -0.2) is 48.4 Å². The molecule has 2 aliphatic rings. The number of nitrogens with zero attached hydrogens (tertiary/aromatic N) is 2. The molecule has 0 aromatic heterocycles. The summed E-state index contributed by atoms with van der Waals surface area (Å²) in [7, 11) is 0. The van der Waals surface area contributed by atoms with Crippen LogP contribution in [-0.2, 0) is 0 Å². The normalized spacial score (nSPS) is 20.5. The molecule has 1 saturated heterocycles. The molecule has 0 spiro atoms. The molecular formula is C19H28N2O. The molecule has 0 bridgehead atoms. The van der Waals surface area contributed by atoms with Gasteiger partial charge in [-0.2, -0.15) is 0 Å². The van der Waals surface area contributed by atoms with Crippen molar-refractivity contribution in [3.63, 3.8) is 0 Å². The van der Waals surface area contributed by atoms with E-state index in [1.54, 1.807) is 0 Å². The van der Waals surface area contributed by atoms with Crippen LogP contribution in [0, 0.1) is 5.92 Å². The zero-order valence-corrected chi connectivity index (χ0v) is 13.5. The van der Waals surface area contributed by atoms with Crippen molar-refractivity contribution in [3.05, 3.63) is 35.9 Å². The lowest BCUT2D eigenvalue weighted by atomic mass is 10.0. The van der Waals surface area contributed by atoms with Crippen molar-refractivity contribution in [2.24, 2.45) is 5.92 Å².